The summed E-state index contributed by atoms with van der Waals surface area (Å²) in [4.78, 5) is 12.4. The fourth-order valence-electron chi connectivity index (χ4n) is 1.48. The number of carbonyl (C=O) groups excluding carboxylic acids is 1. The van der Waals surface area contributed by atoms with Crippen LogP contribution in [0.4, 0.5) is 0 Å². The highest BCUT2D eigenvalue weighted by atomic mass is 35.5. The lowest BCUT2D eigenvalue weighted by molar-refractivity contribution is 0.0938. The number of halogens is 2. The summed E-state index contributed by atoms with van der Waals surface area (Å²) in [7, 11) is 0. The van der Waals surface area contributed by atoms with Gasteiger partial charge in [-0.2, -0.15) is 0 Å². The number of amides is 1. The Hall–Kier alpha value is -0.250. The van der Waals surface area contributed by atoms with Gasteiger partial charge in [-0.05, 0) is 30.4 Å². The van der Waals surface area contributed by atoms with E-state index >= 15 is 0 Å². The van der Waals surface area contributed by atoms with E-state index in [2.05, 4.69) is 19.2 Å². The molecule has 0 aromatic carbocycles. The first-order valence-electron chi connectivity index (χ1n) is 5.54. The summed E-state index contributed by atoms with van der Waals surface area (Å²) < 4.78 is 0.636. The van der Waals surface area contributed by atoms with Crippen molar-refractivity contribution in [1.29, 1.82) is 0 Å². The van der Waals surface area contributed by atoms with Crippen molar-refractivity contribution in [3.05, 3.63) is 21.3 Å². The molecule has 1 N–H and O–H groups in total. The van der Waals surface area contributed by atoms with Gasteiger partial charge in [-0.25, -0.2) is 0 Å². The predicted octanol–water partition coefficient (Wildman–Crippen LogP) is 4.18. The van der Waals surface area contributed by atoms with Gasteiger partial charge in [0.1, 0.15) is 0 Å². The van der Waals surface area contributed by atoms with Gasteiger partial charge in [0.05, 0.1) is 9.21 Å². The maximum atomic E-state index is 11.8. The van der Waals surface area contributed by atoms with Gasteiger partial charge < -0.3 is 5.32 Å². The van der Waals surface area contributed by atoms with Gasteiger partial charge in [0.15, 0.2) is 0 Å². The monoisotopic (exact) mass is 293 g/mol. The van der Waals surface area contributed by atoms with Crippen LogP contribution >= 0.6 is 34.5 Å². The minimum Gasteiger partial charge on any atom is -0.351 e. The minimum atomic E-state index is -0.0548. The molecule has 0 radical (unpaired) electrons. The molecule has 0 saturated carbocycles. The quantitative estimate of drug-likeness (QED) is 0.784. The van der Waals surface area contributed by atoms with Crippen LogP contribution in [-0.4, -0.2) is 18.3 Å². The molecular weight excluding hydrogens is 277 g/mol. The van der Waals surface area contributed by atoms with Gasteiger partial charge in [-0.1, -0.05) is 25.4 Å². The molecule has 5 heteroatoms. The first-order valence-corrected chi connectivity index (χ1v) is 7.27. The fraction of sp³-hybridized carbons (Fsp3) is 0.583. The summed E-state index contributed by atoms with van der Waals surface area (Å²) >= 11 is 12.8. The molecule has 0 aliphatic heterocycles. The summed E-state index contributed by atoms with van der Waals surface area (Å²) in [5.41, 5.74) is 0.0750. The Morgan fingerprint density at radius 2 is 2.18 bits per heavy atom. The van der Waals surface area contributed by atoms with Crippen LogP contribution in [0.1, 0.15) is 36.4 Å². The van der Waals surface area contributed by atoms with Crippen LogP contribution < -0.4 is 5.32 Å². The van der Waals surface area contributed by atoms with Crippen LogP contribution in [-0.2, 0) is 0 Å². The first-order chi connectivity index (χ1) is 7.94. The molecule has 0 fully saturated rings. The second-order valence-electron chi connectivity index (χ2n) is 4.74. The normalized spacial score (nSPS) is 11.5. The van der Waals surface area contributed by atoms with E-state index in [0.717, 1.165) is 12.8 Å². The second-order valence-corrected chi connectivity index (χ2v) is 6.84. The Bertz CT molecular complexity index is 376. The van der Waals surface area contributed by atoms with Crippen LogP contribution in [0, 0.1) is 5.41 Å². The Kier molecular flexibility index (Phi) is 5.77. The zero-order valence-corrected chi connectivity index (χ0v) is 12.4. The van der Waals surface area contributed by atoms with E-state index in [4.69, 9.17) is 23.2 Å². The zero-order chi connectivity index (χ0) is 12.9. The predicted molar refractivity (Wildman–Crippen MR) is 75.4 cm³/mol. The SMILES string of the molecule is CC(C)(CCCCl)CNC(=O)c1ccc(Cl)s1. The molecule has 0 aliphatic rings. The van der Waals surface area contributed by atoms with Crippen molar-refractivity contribution in [1.82, 2.24) is 5.32 Å². The maximum absolute atomic E-state index is 11.8. The summed E-state index contributed by atoms with van der Waals surface area (Å²) in [6.45, 7) is 4.90. The van der Waals surface area contributed by atoms with Crippen molar-refractivity contribution in [3.63, 3.8) is 0 Å². The number of thiophene rings is 1. The molecule has 0 spiro atoms. The standard InChI is InChI=1S/C12H17Cl2NOS/c1-12(2,6-3-7-13)8-15-11(16)9-4-5-10(14)17-9/h4-5H,3,6-8H2,1-2H3,(H,15,16). The third-order valence-corrected chi connectivity index (χ3v) is 4.01. The Labute approximate surface area is 116 Å². The number of alkyl halides is 1. The van der Waals surface area contributed by atoms with Gasteiger partial charge >= 0.3 is 0 Å². The lowest BCUT2D eigenvalue weighted by Gasteiger charge is -2.24. The molecular formula is C12H17Cl2NOS. The number of hydrogen-bond acceptors (Lipinski definition) is 2. The van der Waals surface area contributed by atoms with E-state index in [1.165, 1.54) is 11.3 Å². The van der Waals surface area contributed by atoms with Crippen LogP contribution in [0.15, 0.2) is 12.1 Å². The molecule has 0 saturated heterocycles. The van der Waals surface area contributed by atoms with Crippen LogP contribution in [0.25, 0.3) is 0 Å². The Morgan fingerprint density at radius 3 is 2.71 bits per heavy atom. The summed E-state index contributed by atoms with van der Waals surface area (Å²) in [6, 6.07) is 3.48. The molecule has 1 rings (SSSR count). The smallest absolute Gasteiger partial charge is 0.261 e. The van der Waals surface area contributed by atoms with Crippen LogP contribution in [0.5, 0.6) is 0 Å². The largest absolute Gasteiger partial charge is 0.351 e. The molecule has 1 amide bonds. The Morgan fingerprint density at radius 1 is 1.47 bits per heavy atom. The van der Waals surface area contributed by atoms with Gasteiger partial charge in [0.25, 0.3) is 5.91 Å². The number of nitrogens with one attached hydrogen (secondary N) is 1. The van der Waals surface area contributed by atoms with Crippen molar-refractivity contribution in [2.75, 3.05) is 12.4 Å². The van der Waals surface area contributed by atoms with E-state index in [0.29, 0.717) is 21.6 Å². The highest BCUT2D eigenvalue weighted by Gasteiger charge is 2.19. The summed E-state index contributed by atoms with van der Waals surface area (Å²) in [5.74, 6) is 0.610. The maximum Gasteiger partial charge on any atom is 0.261 e. The molecule has 2 nitrogen and oxygen atoms in total. The highest BCUT2D eigenvalue weighted by Crippen LogP contribution is 2.23. The molecule has 0 atom stereocenters. The molecule has 0 bridgehead atoms. The average Bonchev–Trinajstić information content (AvgIpc) is 2.70. The van der Waals surface area contributed by atoms with Crippen molar-refractivity contribution in [3.8, 4) is 0 Å². The van der Waals surface area contributed by atoms with E-state index in [1.54, 1.807) is 12.1 Å². The van der Waals surface area contributed by atoms with E-state index in [-0.39, 0.29) is 11.3 Å². The van der Waals surface area contributed by atoms with Crippen molar-refractivity contribution >= 4 is 40.4 Å². The first kappa shape index (κ1) is 14.8. The molecule has 0 unspecified atom stereocenters. The second kappa shape index (κ2) is 6.62. The van der Waals surface area contributed by atoms with E-state index < -0.39 is 0 Å². The van der Waals surface area contributed by atoms with Crippen LogP contribution in [0.3, 0.4) is 0 Å². The highest BCUT2D eigenvalue weighted by molar-refractivity contribution is 7.17. The zero-order valence-electron chi connectivity index (χ0n) is 10.1. The number of carbonyl (C=O) groups is 1. The van der Waals surface area contributed by atoms with Crippen molar-refractivity contribution < 1.29 is 4.79 Å². The van der Waals surface area contributed by atoms with Crippen LogP contribution in [0.2, 0.25) is 4.34 Å². The lowest BCUT2D eigenvalue weighted by atomic mass is 9.88. The third-order valence-electron chi connectivity index (χ3n) is 2.51. The van der Waals surface area contributed by atoms with Gasteiger partial charge in [-0.15, -0.1) is 22.9 Å². The topological polar surface area (TPSA) is 29.1 Å². The lowest BCUT2D eigenvalue weighted by Crippen LogP contribution is -2.33. The summed E-state index contributed by atoms with van der Waals surface area (Å²) in [5, 5.41) is 2.93. The molecule has 1 heterocycles. The van der Waals surface area contributed by atoms with Crippen molar-refractivity contribution in [2.45, 2.75) is 26.7 Å². The van der Waals surface area contributed by atoms with Gasteiger partial charge in [-0.3, -0.25) is 4.79 Å². The van der Waals surface area contributed by atoms with E-state index in [9.17, 15) is 4.79 Å². The van der Waals surface area contributed by atoms with Gasteiger partial charge in [0.2, 0.25) is 0 Å². The Balaban J connectivity index is 2.42. The molecule has 96 valence electrons. The molecule has 1 aromatic heterocycles. The molecule has 1 aromatic rings. The summed E-state index contributed by atoms with van der Waals surface area (Å²) in [6.07, 6.45) is 1.97. The number of hydrogen-bond donors (Lipinski definition) is 1. The third kappa shape index (κ3) is 5.28. The molecule has 17 heavy (non-hydrogen) atoms. The molecule has 0 aliphatic carbocycles. The average molecular weight is 294 g/mol. The van der Waals surface area contributed by atoms with Gasteiger partial charge in [0, 0.05) is 12.4 Å². The number of rotatable bonds is 6. The minimum absolute atomic E-state index is 0.0548. The van der Waals surface area contributed by atoms with E-state index in [1.807, 2.05) is 0 Å². The fourth-order valence-corrected chi connectivity index (χ4v) is 2.57. The van der Waals surface area contributed by atoms with Crippen molar-refractivity contribution in [2.24, 2.45) is 5.41 Å².